The van der Waals surface area contributed by atoms with Crippen LogP contribution in [0.25, 0.3) is 10.9 Å². The van der Waals surface area contributed by atoms with Crippen molar-refractivity contribution in [2.45, 2.75) is 13.0 Å². The van der Waals surface area contributed by atoms with E-state index in [2.05, 4.69) is 30.3 Å². The van der Waals surface area contributed by atoms with Crippen molar-refractivity contribution in [2.75, 3.05) is 17.7 Å². The molecule has 0 aliphatic rings. The van der Waals surface area contributed by atoms with E-state index < -0.39 is 6.09 Å². The molecule has 0 unspecified atom stereocenters. The number of pyridine rings is 1. The summed E-state index contributed by atoms with van der Waals surface area (Å²) in [6.45, 7) is 1.81. The maximum atomic E-state index is 12.4. The number of methoxy groups -OCH3 is 1. The second-order valence-electron chi connectivity index (χ2n) is 5.53. The van der Waals surface area contributed by atoms with Crippen molar-refractivity contribution >= 4 is 40.4 Å². The van der Waals surface area contributed by atoms with Gasteiger partial charge >= 0.3 is 6.09 Å². The first-order valence-electron chi connectivity index (χ1n) is 7.73. The zero-order chi connectivity index (χ0) is 18.7. The molecule has 9 heteroatoms. The average Bonchev–Trinajstić information content (AvgIpc) is 2.61. The molecule has 3 rings (SSSR count). The minimum atomic E-state index is -0.634. The standard InChI is InChI=1S/C17H16ClN5O3/c1-9(20-16-19-6-5-14(22-16)23-17(25)26-2)12-8-10-7-11(18)3-4-13(10)21-15(12)24/h3-9H,1-2H3,(H,21,24)(H2,19,20,22,23,25)/t9-/m0/s1. The van der Waals surface area contributed by atoms with Gasteiger partial charge in [-0.3, -0.25) is 10.1 Å². The number of fused-ring (bicyclic) bond motifs is 1. The molecule has 3 N–H and O–H groups in total. The van der Waals surface area contributed by atoms with Crippen molar-refractivity contribution in [3.05, 3.63) is 57.5 Å². The lowest BCUT2D eigenvalue weighted by molar-refractivity contribution is 0.187. The van der Waals surface area contributed by atoms with E-state index in [0.717, 1.165) is 5.39 Å². The van der Waals surface area contributed by atoms with Crippen molar-refractivity contribution in [1.82, 2.24) is 15.0 Å². The van der Waals surface area contributed by atoms with Gasteiger partial charge in [0.2, 0.25) is 5.95 Å². The number of ether oxygens (including phenoxy) is 1. The number of rotatable bonds is 4. The van der Waals surface area contributed by atoms with E-state index in [1.807, 2.05) is 6.92 Å². The number of halogens is 1. The Bertz CT molecular complexity index is 1020. The fraction of sp³-hybridized carbons (Fsp3) is 0.176. The van der Waals surface area contributed by atoms with Crippen LogP contribution in [0.5, 0.6) is 0 Å². The molecule has 1 amide bonds. The topological polar surface area (TPSA) is 109 Å². The van der Waals surface area contributed by atoms with Gasteiger partial charge in [0, 0.05) is 27.7 Å². The summed E-state index contributed by atoms with van der Waals surface area (Å²) in [4.78, 5) is 34.7. The van der Waals surface area contributed by atoms with E-state index >= 15 is 0 Å². The van der Waals surface area contributed by atoms with E-state index in [9.17, 15) is 9.59 Å². The van der Waals surface area contributed by atoms with Crippen LogP contribution in [0.1, 0.15) is 18.5 Å². The summed E-state index contributed by atoms with van der Waals surface area (Å²) in [6.07, 6.45) is 0.850. The van der Waals surface area contributed by atoms with Crippen molar-refractivity contribution in [3.63, 3.8) is 0 Å². The number of amides is 1. The zero-order valence-corrected chi connectivity index (χ0v) is 14.8. The van der Waals surface area contributed by atoms with E-state index in [4.69, 9.17) is 11.6 Å². The predicted octanol–water partition coefficient (Wildman–Crippen LogP) is 3.32. The molecule has 0 radical (unpaired) electrons. The van der Waals surface area contributed by atoms with Gasteiger partial charge in [0.05, 0.1) is 13.2 Å². The number of nitrogens with one attached hydrogen (secondary N) is 3. The van der Waals surface area contributed by atoms with Crippen LogP contribution < -0.4 is 16.2 Å². The van der Waals surface area contributed by atoms with Gasteiger partial charge in [-0.1, -0.05) is 11.6 Å². The maximum absolute atomic E-state index is 12.4. The van der Waals surface area contributed by atoms with Gasteiger partial charge in [0.1, 0.15) is 5.82 Å². The third-order valence-corrected chi connectivity index (χ3v) is 3.95. The summed E-state index contributed by atoms with van der Waals surface area (Å²) in [5.74, 6) is 0.540. The fourth-order valence-corrected chi connectivity index (χ4v) is 2.62. The molecule has 0 aliphatic carbocycles. The smallest absolute Gasteiger partial charge is 0.412 e. The molecule has 1 aromatic carbocycles. The molecule has 0 aliphatic heterocycles. The highest BCUT2D eigenvalue weighted by molar-refractivity contribution is 6.31. The lowest BCUT2D eigenvalue weighted by Gasteiger charge is -2.14. The number of benzene rings is 1. The molecule has 0 saturated heterocycles. The van der Waals surface area contributed by atoms with Crippen molar-refractivity contribution in [3.8, 4) is 0 Å². The summed E-state index contributed by atoms with van der Waals surface area (Å²) in [5, 5.41) is 6.90. The number of carbonyl (C=O) groups is 1. The van der Waals surface area contributed by atoms with Crippen molar-refractivity contribution in [1.29, 1.82) is 0 Å². The number of hydrogen-bond donors (Lipinski definition) is 3. The third kappa shape index (κ3) is 3.92. The van der Waals surface area contributed by atoms with Crippen LogP contribution >= 0.6 is 11.6 Å². The molecule has 8 nitrogen and oxygen atoms in total. The number of carbonyl (C=O) groups excluding carboxylic acids is 1. The first-order valence-corrected chi connectivity index (χ1v) is 8.11. The van der Waals surface area contributed by atoms with Crippen LogP contribution in [-0.2, 0) is 4.74 Å². The normalized spacial score (nSPS) is 11.8. The number of anilines is 2. The number of hydrogen-bond acceptors (Lipinski definition) is 6. The van der Waals surface area contributed by atoms with Crippen LogP contribution in [0.15, 0.2) is 41.3 Å². The second kappa shape index (κ2) is 7.40. The zero-order valence-electron chi connectivity index (χ0n) is 14.0. The van der Waals surface area contributed by atoms with Crippen LogP contribution in [0, 0.1) is 0 Å². The van der Waals surface area contributed by atoms with E-state index in [0.29, 0.717) is 16.1 Å². The highest BCUT2D eigenvalue weighted by atomic mass is 35.5. The molecule has 0 spiro atoms. The van der Waals surface area contributed by atoms with E-state index in [1.165, 1.54) is 19.4 Å². The first-order chi connectivity index (χ1) is 12.5. The van der Waals surface area contributed by atoms with Crippen molar-refractivity contribution in [2.24, 2.45) is 0 Å². The molecule has 0 bridgehead atoms. The van der Waals surface area contributed by atoms with Gasteiger partial charge in [-0.2, -0.15) is 4.98 Å². The Hall–Kier alpha value is -3.13. The monoisotopic (exact) mass is 373 g/mol. The molecular weight excluding hydrogens is 358 g/mol. The Morgan fingerprint density at radius 2 is 2.12 bits per heavy atom. The Morgan fingerprint density at radius 3 is 2.88 bits per heavy atom. The number of H-pyrrole nitrogens is 1. The summed E-state index contributed by atoms with van der Waals surface area (Å²) in [7, 11) is 1.26. The molecule has 3 aromatic rings. The summed E-state index contributed by atoms with van der Waals surface area (Å²) in [6, 6.07) is 8.17. The fourth-order valence-electron chi connectivity index (χ4n) is 2.44. The highest BCUT2D eigenvalue weighted by Gasteiger charge is 2.13. The average molecular weight is 374 g/mol. The van der Waals surface area contributed by atoms with Crippen LogP contribution in [-0.4, -0.2) is 28.2 Å². The minimum absolute atomic E-state index is 0.219. The number of aromatic nitrogens is 3. The van der Waals surface area contributed by atoms with Gasteiger partial charge in [-0.05, 0) is 37.3 Å². The molecule has 134 valence electrons. The Labute approximate surface area is 153 Å². The molecule has 0 saturated carbocycles. The quantitative estimate of drug-likeness (QED) is 0.647. The van der Waals surface area contributed by atoms with E-state index in [1.54, 1.807) is 24.3 Å². The number of aromatic amines is 1. The predicted molar refractivity (Wildman–Crippen MR) is 99.7 cm³/mol. The Balaban J connectivity index is 1.86. The minimum Gasteiger partial charge on any atom is -0.453 e. The lowest BCUT2D eigenvalue weighted by atomic mass is 10.1. The maximum Gasteiger partial charge on any atom is 0.412 e. The third-order valence-electron chi connectivity index (χ3n) is 3.72. The largest absolute Gasteiger partial charge is 0.453 e. The van der Waals surface area contributed by atoms with Crippen LogP contribution in [0.2, 0.25) is 5.02 Å². The molecule has 0 fully saturated rings. The van der Waals surface area contributed by atoms with Gasteiger partial charge in [-0.15, -0.1) is 0 Å². The lowest BCUT2D eigenvalue weighted by Crippen LogP contribution is -2.20. The van der Waals surface area contributed by atoms with E-state index in [-0.39, 0.29) is 23.4 Å². The van der Waals surface area contributed by atoms with Gasteiger partial charge in [-0.25, -0.2) is 9.78 Å². The Kier molecular flexibility index (Phi) is 5.04. The molecular formula is C17H16ClN5O3. The molecule has 1 atom stereocenters. The van der Waals surface area contributed by atoms with Gasteiger partial charge in [0.15, 0.2) is 0 Å². The van der Waals surface area contributed by atoms with Gasteiger partial charge in [0.25, 0.3) is 5.56 Å². The molecule has 2 aromatic heterocycles. The summed E-state index contributed by atoms with van der Waals surface area (Å²) >= 11 is 6.02. The molecule has 2 heterocycles. The van der Waals surface area contributed by atoms with Crippen LogP contribution in [0.4, 0.5) is 16.6 Å². The first kappa shape index (κ1) is 17.7. The van der Waals surface area contributed by atoms with Crippen molar-refractivity contribution < 1.29 is 9.53 Å². The number of nitrogens with zero attached hydrogens (tertiary/aromatic N) is 2. The second-order valence-corrected chi connectivity index (χ2v) is 5.97. The summed E-state index contributed by atoms with van der Waals surface area (Å²) < 4.78 is 4.52. The summed E-state index contributed by atoms with van der Waals surface area (Å²) in [5.41, 5.74) is 0.995. The van der Waals surface area contributed by atoms with Gasteiger partial charge < -0.3 is 15.0 Å². The Morgan fingerprint density at radius 1 is 1.31 bits per heavy atom. The molecule has 26 heavy (non-hydrogen) atoms. The highest BCUT2D eigenvalue weighted by Crippen LogP contribution is 2.21. The van der Waals surface area contributed by atoms with Crippen LogP contribution in [0.3, 0.4) is 0 Å². The SMILES string of the molecule is COC(=O)Nc1ccnc(N[C@@H](C)c2cc3cc(Cl)ccc3[nH]c2=O)n1.